The summed E-state index contributed by atoms with van der Waals surface area (Å²) in [5, 5.41) is 8.15. The molecule has 1 amide bonds. The molecule has 1 aromatic carbocycles. The Kier molecular flexibility index (Phi) is 4.52. The van der Waals surface area contributed by atoms with Gasteiger partial charge < -0.3 is 10.6 Å². The van der Waals surface area contributed by atoms with Gasteiger partial charge in [0, 0.05) is 17.9 Å². The first kappa shape index (κ1) is 15.0. The lowest BCUT2D eigenvalue weighted by atomic mass is 10.1. The Morgan fingerprint density at radius 2 is 1.86 bits per heavy atom. The average molecular weight is 284 g/mol. The second kappa shape index (κ2) is 6.35. The number of nitrogens with two attached hydrogens (primary N) is 1. The van der Waals surface area contributed by atoms with Crippen LogP contribution in [0, 0.1) is 6.92 Å². The van der Waals surface area contributed by atoms with Crippen molar-refractivity contribution in [2.45, 2.75) is 27.2 Å². The molecule has 0 saturated carbocycles. The van der Waals surface area contributed by atoms with E-state index in [0.717, 1.165) is 17.1 Å². The number of aryl methyl sites for hydroxylation is 2. The van der Waals surface area contributed by atoms with Gasteiger partial charge in [0.1, 0.15) is 0 Å². The molecule has 5 nitrogen and oxygen atoms in total. The van der Waals surface area contributed by atoms with E-state index >= 15 is 0 Å². The summed E-state index contributed by atoms with van der Waals surface area (Å²) in [7, 11) is 0. The molecule has 2 rings (SSSR count). The number of nitrogen functional groups attached to an aromatic ring is 1. The van der Waals surface area contributed by atoms with E-state index < -0.39 is 0 Å². The molecule has 21 heavy (non-hydrogen) atoms. The van der Waals surface area contributed by atoms with E-state index in [2.05, 4.69) is 10.2 Å². The van der Waals surface area contributed by atoms with Gasteiger partial charge in [-0.05, 0) is 50.6 Å². The van der Waals surface area contributed by atoms with Crippen molar-refractivity contribution >= 4 is 17.3 Å². The van der Waals surface area contributed by atoms with Crippen LogP contribution in [-0.4, -0.2) is 22.6 Å². The molecule has 0 atom stereocenters. The lowest BCUT2D eigenvalue weighted by Crippen LogP contribution is -2.31. The summed E-state index contributed by atoms with van der Waals surface area (Å²) in [6.45, 7) is 6.33. The Balaban J connectivity index is 2.41. The summed E-state index contributed by atoms with van der Waals surface area (Å²) in [5.41, 5.74) is 9.28. The van der Waals surface area contributed by atoms with Crippen molar-refractivity contribution in [2.75, 3.05) is 17.2 Å². The number of carbonyl (C=O) groups is 1. The predicted octanol–water partition coefficient (Wildman–Crippen LogP) is 2.60. The highest BCUT2D eigenvalue weighted by Crippen LogP contribution is 2.20. The quantitative estimate of drug-likeness (QED) is 0.876. The lowest BCUT2D eigenvalue weighted by molar-refractivity contribution is 0.0986. The maximum Gasteiger partial charge on any atom is 0.260 e. The summed E-state index contributed by atoms with van der Waals surface area (Å²) in [4.78, 5) is 14.5. The zero-order valence-corrected chi connectivity index (χ0v) is 12.6. The normalized spacial score (nSPS) is 10.4. The molecule has 0 radical (unpaired) electrons. The number of anilines is 2. The highest BCUT2D eigenvalue weighted by atomic mass is 16.2. The smallest absolute Gasteiger partial charge is 0.260 e. The van der Waals surface area contributed by atoms with Crippen LogP contribution >= 0.6 is 0 Å². The molecule has 5 heteroatoms. The molecule has 0 fully saturated rings. The van der Waals surface area contributed by atoms with Crippen molar-refractivity contribution in [3.05, 3.63) is 47.3 Å². The molecule has 0 aliphatic rings. The summed E-state index contributed by atoms with van der Waals surface area (Å²) >= 11 is 0. The van der Waals surface area contributed by atoms with Gasteiger partial charge in [-0.25, -0.2) is 0 Å². The van der Waals surface area contributed by atoms with Crippen LogP contribution in [0.15, 0.2) is 30.3 Å². The summed E-state index contributed by atoms with van der Waals surface area (Å²) < 4.78 is 0. The van der Waals surface area contributed by atoms with Crippen molar-refractivity contribution in [3.8, 4) is 0 Å². The molecule has 1 heterocycles. The molecule has 0 bridgehead atoms. The first-order valence-electron chi connectivity index (χ1n) is 7.07. The second-order valence-electron chi connectivity index (χ2n) is 4.84. The van der Waals surface area contributed by atoms with E-state index in [-0.39, 0.29) is 5.91 Å². The maximum absolute atomic E-state index is 12.8. The minimum atomic E-state index is -0.0582. The van der Waals surface area contributed by atoms with Crippen molar-refractivity contribution in [1.82, 2.24) is 10.2 Å². The van der Waals surface area contributed by atoms with Crippen LogP contribution in [0.5, 0.6) is 0 Å². The molecule has 2 aromatic rings. The molecule has 0 aliphatic carbocycles. The minimum absolute atomic E-state index is 0.0582. The standard InChI is InChI=1S/C16H20N4O/c1-4-15-14(10-11(3)18-19-15)16(21)20(5-2)13-8-6-12(17)7-9-13/h6-10H,4-5,17H2,1-3H3. The Labute approximate surface area is 124 Å². The lowest BCUT2D eigenvalue weighted by Gasteiger charge is -2.22. The number of carbonyl (C=O) groups excluding carboxylic acids is 1. The van der Waals surface area contributed by atoms with Gasteiger partial charge >= 0.3 is 0 Å². The second-order valence-corrected chi connectivity index (χ2v) is 4.84. The van der Waals surface area contributed by atoms with Crippen molar-refractivity contribution in [1.29, 1.82) is 0 Å². The van der Waals surface area contributed by atoms with Gasteiger partial charge in [0.2, 0.25) is 0 Å². The molecule has 2 N–H and O–H groups in total. The van der Waals surface area contributed by atoms with Crippen LogP contribution in [0.4, 0.5) is 11.4 Å². The number of hydrogen-bond acceptors (Lipinski definition) is 4. The SMILES string of the molecule is CCc1nnc(C)cc1C(=O)N(CC)c1ccc(N)cc1. The Hall–Kier alpha value is -2.43. The van der Waals surface area contributed by atoms with Gasteiger partial charge in [0.15, 0.2) is 0 Å². The van der Waals surface area contributed by atoms with Crippen LogP contribution in [0.25, 0.3) is 0 Å². The van der Waals surface area contributed by atoms with Crippen molar-refractivity contribution < 1.29 is 4.79 Å². The van der Waals surface area contributed by atoms with E-state index in [4.69, 9.17) is 5.73 Å². The third-order valence-electron chi connectivity index (χ3n) is 3.32. The summed E-state index contributed by atoms with van der Waals surface area (Å²) in [5.74, 6) is -0.0582. The monoisotopic (exact) mass is 284 g/mol. The largest absolute Gasteiger partial charge is 0.399 e. The van der Waals surface area contributed by atoms with Crippen LogP contribution in [0.2, 0.25) is 0 Å². The van der Waals surface area contributed by atoms with Crippen LogP contribution in [-0.2, 0) is 6.42 Å². The van der Waals surface area contributed by atoms with Crippen LogP contribution < -0.4 is 10.6 Å². The summed E-state index contributed by atoms with van der Waals surface area (Å²) in [6, 6.07) is 9.09. The van der Waals surface area contributed by atoms with Gasteiger partial charge in [-0.3, -0.25) is 4.79 Å². The molecule has 0 saturated heterocycles. The van der Waals surface area contributed by atoms with Crippen molar-refractivity contribution in [2.24, 2.45) is 0 Å². The van der Waals surface area contributed by atoms with Gasteiger partial charge in [0.25, 0.3) is 5.91 Å². The Morgan fingerprint density at radius 1 is 1.19 bits per heavy atom. The number of aromatic nitrogens is 2. The zero-order chi connectivity index (χ0) is 15.4. The first-order valence-corrected chi connectivity index (χ1v) is 7.07. The fourth-order valence-corrected chi connectivity index (χ4v) is 2.20. The maximum atomic E-state index is 12.8. The minimum Gasteiger partial charge on any atom is -0.399 e. The molecule has 110 valence electrons. The Bertz CT molecular complexity index is 637. The van der Waals surface area contributed by atoms with E-state index in [1.54, 1.807) is 23.1 Å². The fraction of sp³-hybridized carbons (Fsp3) is 0.312. The number of nitrogens with zero attached hydrogens (tertiary/aromatic N) is 3. The fourth-order valence-electron chi connectivity index (χ4n) is 2.20. The van der Waals surface area contributed by atoms with E-state index in [1.807, 2.05) is 32.9 Å². The topological polar surface area (TPSA) is 72.1 Å². The van der Waals surface area contributed by atoms with E-state index in [9.17, 15) is 4.79 Å². The van der Waals surface area contributed by atoms with Gasteiger partial charge in [-0.2, -0.15) is 10.2 Å². The van der Waals surface area contributed by atoms with E-state index in [0.29, 0.717) is 24.2 Å². The van der Waals surface area contributed by atoms with Gasteiger partial charge in [-0.1, -0.05) is 6.92 Å². The summed E-state index contributed by atoms with van der Waals surface area (Å²) in [6.07, 6.45) is 0.674. The molecular formula is C16H20N4O. The molecule has 1 aromatic heterocycles. The van der Waals surface area contributed by atoms with Gasteiger partial charge in [-0.15, -0.1) is 0 Å². The zero-order valence-electron chi connectivity index (χ0n) is 12.6. The van der Waals surface area contributed by atoms with Crippen LogP contribution in [0.3, 0.4) is 0 Å². The first-order chi connectivity index (χ1) is 10.1. The number of amides is 1. The van der Waals surface area contributed by atoms with Gasteiger partial charge in [0.05, 0.1) is 17.0 Å². The van der Waals surface area contributed by atoms with Crippen LogP contribution in [0.1, 0.15) is 35.6 Å². The third-order valence-corrected chi connectivity index (χ3v) is 3.32. The molecular weight excluding hydrogens is 264 g/mol. The number of hydrogen-bond donors (Lipinski definition) is 1. The molecule has 0 spiro atoms. The molecule has 0 aliphatic heterocycles. The highest BCUT2D eigenvalue weighted by Gasteiger charge is 2.20. The third kappa shape index (κ3) is 3.18. The number of benzene rings is 1. The Morgan fingerprint density at radius 3 is 2.43 bits per heavy atom. The average Bonchev–Trinajstić information content (AvgIpc) is 2.49. The van der Waals surface area contributed by atoms with Crippen molar-refractivity contribution in [3.63, 3.8) is 0 Å². The highest BCUT2D eigenvalue weighted by molar-refractivity contribution is 6.06. The van der Waals surface area contributed by atoms with E-state index in [1.165, 1.54) is 0 Å². The predicted molar refractivity (Wildman–Crippen MR) is 84.4 cm³/mol. The molecule has 0 unspecified atom stereocenters. The number of rotatable bonds is 4.